The zero-order valence-corrected chi connectivity index (χ0v) is 16.9. The van der Waals surface area contributed by atoms with Gasteiger partial charge in [-0.1, -0.05) is 84.5 Å². The summed E-state index contributed by atoms with van der Waals surface area (Å²) in [4.78, 5) is 0. The molecule has 0 spiro atoms. The van der Waals surface area contributed by atoms with Gasteiger partial charge in [0.1, 0.15) is 0 Å². The monoisotopic (exact) mass is 330 g/mol. The van der Waals surface area contributed by atoms with Crippen LogP contribution < -0.4 is 0 Å². The molecule has 0 aromatic rings. The molecule has 0 aromatic heterocycles. The molecule has 0 aromatic carbocycles. The standard InChI is InChI=1S/C19H42O2Si/c1-5-9-11-12-13-14-15-16-17-19-22(20-7-3,21-8-4)18-10-6-2/h5-19H2,1-4H3. The van der Waals surface area contributed by atoms with E-state index in [1.54, 1.807) is 0 Å². The fourth-order valence-corrected chi connectivity index (χ4v) is 6.78. The lowest BCUT2D eigenvalue weighted by Crippen LogP contribution is -2.42. The van der Waals surface area contributed by atoms with Crippen LogP contribution in [0.4, 0.5) is 0 Å². The van der Waals surface area contributed by atoms with Crippen LogP contribution in [0.1, 0.15) is 98.3 Å². The molecule has 0 aliphatic heterocycles. The van der Waals surface area contributed by atoms with Crippen LogP contribution >= 0.6 is 0 Å². The van der Waals surface area contributed by atoms with Crippen molar-refractivity contribution >= 4 is 8.56 Å². The molecule has 134 valence electrons. The molecule has 22 heavy (non-hydrogen) atoms. The molecule has 2 nitrogen and oxygen atoms in total. The Bertz CT molecular complexity index is 215. The van der Waals surface area contributed by atoms with Crippen LogP contribution in [0.3, 0.4) is 0 Å². The van der Waals surface area contributed by atoms with Crippen molar-refractivity contribution in [2.75, 3.05) is 13.2 Å². The lowest BCUT2D eigenvalue weighted by Gasteiger charge is -2.30. The second-order valence-corrected chi connectivity index (χ2v) is 9.86. The Morgan fingerprint density at radius 3 is 1.36 bits per heavy atom. The molecule has 0 fully saturated rings. The third kappa shape index (κ3) is 11.7. The van der Waals surface area contributed by atoms with Gasteiger partial charge >= 0.3 is 8.56 Å². The van der Waals surface area contributed by atoms with Crippen molar-refractivity contribution in [1.29, 1.82) is 0 Å². The molecule has 0 bridgehead atoms. The molecule has 0 saturated heterocycles. The fourth-order valence-electron chi connectivity index (χ4n) is 3.13. The Labute approximate surface area is 141 Å². The molecule has 0 rings (SSSR count). The summed E-state index contributed by atoms with van der Waals surface area (Å²) in [5.41, 5.74) is 0. The number of unbranched alkanes of at least 4 members (excludes halogenated alkanes) is 9. The van der Waals surface area contributed by atoms with Crippen LogP contribution in [0.2, 0.25) is 12.1 Å². The van der Waals surface area contributed by atoms with Gasteiger partial charge in [0.05, 0.1) is 0 Å². The van der Waals surface area contributed by atoms with Crippen molar-refractivity contribution in [2.24, 2.45) is 0 Å². The van der Waals surface area contributed by atoms with Crippen molar-refractivity contribution in [3.63, 3.8) is 0 Å². The molecule has 0 atom stereocenters. The average Bonchev–Trinajstić information content (AvgIpc) is 2.52. The molecule has 0 saturated carbocycles. The van der Waals surface area contributed by atoms with Gasteiger partial charge in [-0.2, -0.15) is 0 Å². The van der Waals surface area contributed by atoms with E-state index in [1.165, 1.54) is 82.7 Å². The van der Waals surface area contributed by atoms with E-state index in [1.807, 2.05) is 0 Å². The second-order valence-electron chi connectivity index (χ2n) is 6.46. The van der Waals surface area contributed by atoms with E-state index in [0.29, 0.717) is 0 Å². The van der Waals surface area contributed by atoms with Gasteiger partial charge in [-0.25, -0.2) is 0 Å². The van der Waals surface area contributed by atoms with Crippen molar-refractivity contribution in [3.8, 4) is 0 Å². The van der Waals surface area contributed by atoms with E-state index in [0.717, 1.165) is 13.2 Å². The van der Waals surface area contributed by atoms with Gasteiger partial charge in [0.2, 0.25) is 0 Å². The Morgan fingerprint density at radius 2 is 0.909 bits per heavy atom. The molecule has 0 aliphatic carbocycles. The third-order valence-corrected chi connectivity index (χ3v) is 8.25. The summed E-state index contributed by atoms with van der Waals surface area (Å²) in [6.45, 7) is 10.4. The summed E-state index contributed by atoms with van der Waals surface area (Å²) < 4.78 is 12.3. The average molecular weight is 331 g/mol. The van der Waals surface area contributed by atoms with E-state index in [9.17, 15) is 0 Å². The largest absolute Gasteiger partial charge is 0.394 e. The van der Waals surface area contributed by atoms with Crippen LogP contribution in [-0.2, 0) is 8.85 Å². The van der Waals surface area contributed by atoms with Crippen molar-refractivity contribution in [1.82, 2.24) is 0 Å². The van der Waals surface area contributed by atoms with E-state index >= 15 is 0 Å². The Balaban J connectivity index is 3.86. The molecule has 0 aliphatic rings. The summed E-state index contributed by atoms with van der Waals surface area (Å²) in [5, 5.41) is 0. The van der Waals surface area contributed by atoms with E-state index in [-0.39, 0.29) is 0 Å². The minimum atomic E-state index is -1.90. The van der Waals surface area contributed by atoms with Crippen LogP contribution in [0, 0.1) is 0 Å². The van der Waals surface area contributed by atoms with Crippen LogP contribution in [0.25, 0.3) is 0 Å². The molecule has 0 heterocycles. The van der Waals surface area contributed by atoms with Gasteiger partial charge < -0.3 is 8.85 Å². The first kappa shape index (κ1) is 22.1. The maximum absolute atomic E-state index is 6.16. The SMILES string of the molecule is CCCCCCCCCCC[Si](CCCC)(OCC)OCC. The Hall–Kier alpha value is 0.137. The van der Waals surface area contributed by atoms with Gasteiger partial charge in [-0.15, -0.1) is 0 Å². The molecule has 0 radical (unpaired) electrons. The molecule has 0 unspecified atom stereocenters. The van der Waals surface area contributed by atoms with Crippen LogP contribution in [0.15, 0.2) is 0 Å². The zero-order valence-electron chi connectivity index (χ0n) is 15.9. The molecule has 3 heteroatoms. The molecule has 0 amide bonds. The van der Waals surface area contributed by atoms with Gasteiger partial charge in [0, 0.05) is 13.2 Å². The normalized spacial score (nSPS) is 12.0. The van der Waals surface area contributed by atoms with E-state index < -0.39 is 8.56 Å². The highest BCUT2D eigenvalue weighted by atomic mass is 28.4. The fraction of sp³-hybridized carbons (Fsp3) is 1.00. The summed E-state index contributed by atoms with van der Waals surface area (Å²) in [5.74, 6) is 0. The highest BCUT2D eigenvalue weighted by molar-refractivity contribution is 6.67. The first-order valence-corrected chi connectivity index (χ1v) is 12.3. The second kappa shape index (κ2) is 16.0. The molecule has 0 N–H and O–H groups in total. The minimum Gasteiger partial charge on any atom is -0.394 e. The predicted octanol–water partition coefficient (Wildman–Crippen LogP) is 6.83. The van der Waals surface area contributed by atoms with Gasteiger partial charge in [0.25, 0.3) is 0 Å². The van der Waals surface area contributed by atoms with Gasteiger partial charge in [-0.3, -0.25) is 0 Å². The number of rotatable bonds is 17. The van der Waals surface area contributed by atoms with Gasteiger partial charge in [-0.05, 0) is 25.9 Å². The van der Waals surface area contributed by atoms with Crippen molar-refractivity contribution in [3.05, 3.63) is 0 Å². The lowest BCUT2D eigenvalue weighted by atomic mass is 10.1. The highest BCUT2D eigenvalue weighted by Gasteiger charge is 2.35. The van der Waals surface area contributed by atoms with Crippen LogP contribution in [0.5, 0.6) is 0 Å². The first-order valence-electron chi connectivity index (χ1n) is 10.0. The highest BCUT2D eigenvalue weighted by Crippen LogP contribution is 2.25. The predicted molar refractivity (Wildman–Crippen MR) is 101 cm³/mol. The minimum absolute atomic E-state index is 0.813. The number of hydrogen-bond donors (Lipinski definition) is 0. The van der Waals surface area contributed by atoms with Gasteiger partial charge in [0.15, 0.2) is 0 Å². The van der Waals surface area contributed by atoms with Crippen LogP contribution in [-0.4, -0.2) is 21.8 Å². The lowest BCUT2D eigenvalue weighted by molar-refractivity contribution is 0.180. The smallest absolute Gasteiger partial charge is 0.338 e. The van der Waals surface area contributed by atoms with E-state index in [4.69, 9.17) is 8.85 Å². The summed E-state index contributed by atoms with van der Waals surface area (Å²) in [6, 6.07) is 2.38. The Kier molecular flexibility index (Phi) is 16.1. The number of hydrogen-bond acceptors (Lipinski definition) is 2. The first-order chi connectivity index (χ1) is 10.7. The van der Waals surface area contributed by atoms with Crippen molar-refractivity contribution in [2.45, 2.75) is 110 Å². The van der Waals surface area contributed by atoms with E-state index in [2.05, 4.69) is 27.7 Å². The topological polar surface area (TPSA) is 18.5 Å². The summed E-state index contributed by atoms with van der Waals surface area (Å²) >= 11 is 0. The maximum atomic E-state index is 6.16. The third-order valence-electron chi connectivity index (χ3n) is 4.39. The zero-order chi connectivity index (χ0) is 16.5. The molecular formula is C19H42O2Si. The van der Waals surface area contributed by atoms with Crippen molar-refractivity contribution < 1.29 is 8.85 Å². The quantitative estimate of drug-likeness (QED) is 0.215. The molecular weight excluding hydrogens is 288 g/mol. The summed E-state index contributed by atoms with van der Waals surface area (Å²) in [7, 11) is -1.90. The Morgan fingerprint density at radius 1 is 0.500 bits per heavy atom. The maximum Gasteiger partial charge on any atom is 0.338 e. The summed E-state index contributed by atoms with van der Waals surface area (Å²) in [6.07, 6.45) is 15.0.